The summed E-state index contributed by atoms with van der Waals surface area (Å²) in [7, 11) is 0. The summed E-state index contributed by atoms with van der Waals surface area (Å²) in [4.78, 5) is 4.29. The van der Waals surface area contributed by atoms with Crippen LogP contribution in [-0.4, -0.2) is 4.98 Å². The Kier molecular flexibility index (Phi) is 2.58. The predicted octanol–water partition coefficient (Wildman–Crippen LogP) is 2.18. The molecule has 3 N–H and O–H groups in total. The van der Waals surface area contributed by atoms with E-state index in [1.807, 2.05) is 31.2 Å². The van der Waals surface area contributed by atoms with E-state index >= 15 is 0 Å². The minimum absolute atomic E-state index is 0.591. The summed E-state index contributed by atoms with van der Waals surface area (Å²) in [5.41, 5.74) is 7.36. The van der Waals surface area contributed by atoms with E-state index in [4.69, 9.17) is 10.2 Å². The molecule has 4 nitrogen and oxygen atoms in total. The molecule has 2 aromatic heterocycles. The Balaban J connectivity index is 2.07. The van der Waals surface area contributed by atoms with E-state index in [2.05, 4.69) is 10.3 Å². The number of nitrogens with one attached hydrogen (secondary N) is 1. The molecule has 0 bridgehead atoms. The van der Waals surface area contributed by atoms with Crippen LogP contribution < -0.4 is 11.1 Å². The summed E-state index contributed by atoms with van der Waals surface area (Å²) in [6.07, 6.45) is 1.64. The van der Waals surface area contributed by atoms with Crippen LogP contribution in [0.1, 0.15) is 11.5 Å². The van der Waals surface area contributed by atoms with Gasteiger partial charge in [-0.25, -0.2) is 4.98 Å². The zero-order chi connectivity index (χ0) is 10.7. The summed E-state index contributed by atoms with van der Waals surface area (Å²) >= 11 is 0. The van der Waals surface area contributed by atoms with Crippen molar-refractivity contribution in [1.82, 2.24) is 4.98 Å². The van der Waals surface area contributed by atoms with Gasteiger partial charge in [-0.1, -0.05) is 0 Å². The maximum absolute atomic E-state index is 5.77. The van der Waals surface area contributed by atoms with Crippen LogP contribution in [0.25, 0.3) is 0 Å². The van der Waals surface area contributed by atoms with Gasteiger partial charge in [-0.15, -0.1) is 0 Å². The second-order valence-corrected chi connectivity index (χ2v) is 3.32. The molecule has 15 heavy (non-hydrogen) atoms. The number of nitrogen functional groups attached to an aromatic ring is 1. The van der Waals surface area contributed by atoms with Crippen molar-refractivity contribution < 1.29 is 4.42 Å². The standard InChI is InChI=1S/C11H13N3O/c1-8-4-5-10(12)11(14-8)13-7-9-3-2-6-15-9/h2-6H,7,12H2,1H3,(H,13,14). The Morgan fingerprint density at radius 2 is 2.27 bits per heavy atom. The molecule has 0 radical (unpaired) electrons. The van der Waals surface area contributed by atoms with Crippen molar-refractivity contribution in [1.29, 1.82) is 0 Å². The van der Waals surface area contributed by atoms with E-state index in [-0.39, 0.29) is 0 Å². The Bertz CT molecular complexity index is 437. The highest BCUT2D eigenvalue weighted by molar-refractivity contribution is 5.61. The molecular weight excluding hydrogens is 190 g/mol. The molecule has 4 heteroatoms. The lowest BCUT2D eigenvalue weighted by Crippen LogP contribution is -2.04. The number of furan rings is 1. The molecule has 78 valence electrons. The topological polar surface area (TPSA) is 64.1 Å². The highest BCUT2D eigenvalue weighted by Gasteiger charge is 2.01. The molecule has 0 atom stereocenters. The van der Waals surface area contributed by atoms with Gasteiger partial charge in [0.25, 0.3) is 0 Å². The summed E-state index contributed by atoms with van der Waals surface area (Å²) in [6.45, 7) is 2.52. The molecule has 2 rings (SSSR count). The number of nitrogens with zero attached hydrogens (tertiary/aromatic N) is 1. The fourth-order valence-corrected chi connectivity index (χ4v) is 1.29. The Hall–Kier alpha value is -1.97. The number of aryl methyl sites for hydroxylation is 1. The molecule has 0 unspecified atom stereocenters. The van der Waals surface area contributed by atoms with Crippen molar-refractivity contribution in [3.63, 3.8) is 0 Å². The zero-order valence-corrected chi connectivity index (χ0v) is 8.53. The van der Waals surface area contributed by atoms with Gasteiger partial charge in [0.2, 0.25) is 0 Å². The van der Waals surface area contributed by atoms with E-state index in [9.17, 15) is 0 Å². The summed E-state index contributed by atoms with van der Waals surface area (Å²) in [5, 5.41) is 3.13. The van der Waals surface area contributed by atoms with Crippen LogP contribution in [-0.2, 0) is 6.54 Å². The zero-order valence-electron chi connectivity index (χ0n) is 8.53. The van der Waals surface area contributed by atoms with Crippen LogP contribution in [0.3, 0.4) is 0 Å². The second kappa shape index (κ2) is 4.04. The highest BCUT2D eigenvalue weighted by Crippen LogP contribution is 2.16. The normalized spacial score (nSPS) is 10.2. The van der Waals surface area contributed by atoms with Gasteiger partial charge in [0.05, 0.1) is 18.5 Å². The lowest BCUT2D eigenvalue weighted by Gasteiger charge is -2.07. The molecule has 0 fully saturated rings. The van der Waals surface area contributed by atoms with Crippen LogP contribution in [0, 0.1) is 6.92 Å². The lowest BCUT2D eigenvalue weighted by molar-refractivity contribution is 0.518. The third-order valence-corrected chi connectivity index (χ3v) is 2.08. The molecule has 2 aromatic rings. The first-order chi connectivity index (χ1) is 7.25. The maximum atomic E-state index is 5.77. The van der Waals surface area contributed by atoms with Crippen LogP contribution in [0.15, 0.2) is 34.9 Å². The van der Waals surface area contributed by atoms with Gasteiger partial charge in [0, 0.05) is 5.69 Å². The number of nitrogens with two attached hydrogens (primary N) is 1. The average Bonchev–Trinajstić information content (AvgIpc) is 2.72. The minimum Gasteiger partial charge on any atom is -0.467 e. The van der Waals surface area contributed by atoms with Crippen LogP contribution in [0.4, 0.5) is 11.5 Å². The van der Waals surface area contributed by atoms with Gasteiger partial charge in [-0.2, -0.15) is 0 Å². The van der Waals surface area contributed by atoms with Gasteiger partial charge in [-0.3, -0.25) is 0 Å². The third-order valence-electron chi connectivity index (χ3n) is 2.08. The van der Waals surface area contributed by atoms with E-state index in [0.29, 0.717) is 18.1 Å². The fraction of sp³-hybridized carbons (Fsp3) is 0.182. The van der Waals surface area contributed by atoms with Gasteiger partial charge in [-0.05, 0) is 31.2 Å². The maximum Gasteiger partial charge on any atom is 0.149 e. The van der Waals surface area contributed by atoms with Gasteiger partial charge < -0.3 is 15.5 Å². The average molecular weight is 203 g/mol. The smallest absolute Gasteiger partial charge is 0.149 e. The Morgan fingerprint density at radius 1 is 1.40 bits per heavy atom. The third kappa shape index (κ3) is 2.28. The molecular formula is C11H13N3O. The Morgan fingerprint density at radius 3 is 3.00 bits per heavy atom. The molecule has 0 aliphatic heterocycles. The number of rotatable bonds is 3. The van der Waals surface area contributed by atoms with Crippen molar-refractivity contribution in [3.05, 3.63) is 42.0 Å². The van der Waals surface area contributed by atoms with Crippen LogP contribution in [0.5, 0.6) is 0 Å². The number of anilines is 2. The first kappa shape index (κ1) is 9.58. The van der Waals surface area contributed by atoms with Crippen molar-refractivity contribution in [2.45, 2.75) is 13.5 Å². The van der Waals surface area contributed by atoms with E-state index in [1.165, 1.54) is 0 Å². The van der Waals surface area contributed by atoms with E-state index in [1.54, 1.807) is 6.26 Å². The van der Waals surface area contributed by atoms with Crippen molar-refractivity contribution in [2.75, 3.05) is 11.1 Å². The Labute approximate surface area is 88.1 Å². The van der Waals surface area contributed by atoms with Gasteiger partial charge >= 0.3 is 0 Å². The van der Waals surface area contributed by atoms with E-state index < -0.39 is 0 Å². The molecule has 0 aliphatic rings. The quantitative estimate of drug-likeness (QED) is 0.802. The summed E-state index contributed by atoms with van der Waals surface area (Å²) < 4.78 is 5.19. The summed E-state index contributed by atoms with van der Waals surface area (Å²) in [6, 6.07) is 7.48. The largest absolute Gasteiger partial charge is 0.467 e. The summed E-state index contributed by atoms with van der Waals surface area (Å²) in [5.74, 6) is 1.56. The molecule has 0 aliphatic carbocycles. The van der Waals surface area contributed by atoms with Crippen LogP contribution in [0.2, 0.25) is 0 Å². The SMILES string of the molecule is Cc1ccc(N)c(NCc2ccco2)n1. The number of aromatic nitrogens is 1. The number of hydrogen-bond acceptors (Lipinski definition) is 4. The first-order valence-corrected chi connectivity index (χ1v) is 4.75. The fourth-order valence-electron chi connectivity index (χ4n) is 1.29. The monoisotopic (exact) mass is 203 g/mol. The number of hydrogen-bond donors (Lipinski definition) is 2. The molecule has 0 aromatic carbocycles. The first-order valence-electron chi connectivity index (χ1n) is 4.75. The van der Waals surface area contributed by atoms with Crippen LogP contribution >= 0.6 is 0 Å². The van der Waals surface area contributed by atoms with Gasteiger partial charge in [0.1, 0.15) is 11.6 Å². The molecule has 0 saturated heterocycles. The molecule has 0 amide bonds. The lowest BCUT2D eigenvalue weighted by atomic mass is 10.3. The predicted molar refractivity (Wildman–Crippen MR) is 59.4 cm³/mol. The minimum atomic E-state index is 0.591. The highest BCUT2D eigenvalue weighted by atomic mass is 16.3. The second-order valence-electron chi connectivity index (χ2n) is 3.32. The molecule has 0 spiro atoms. The van der Waals surface area contributed by atoms with E-state index in [0.717, 1.165) is 11.5 Å². The van der Waals surface area contributed by atoms with Crippen molar-refractivity contribution in [2.24, 2.45) is 0 Å². The molecule has 2 heterocycles. The number of pyridine rings is 1. The van der Waals surface area contributed by atoms with Crippen molar-refractivity contribution >= 4 is 11.5 Å². The van der Waals surface area contributed by atoms with Crippen molar-refractivity contribution in [3.8, 4) is 0 Å². The molecule has 0 saturated carbocycles. The van der Waals surface area contributed by atoms with Gasteiger partial charge in [0.15, 0.2) is 0 Å².